The van der Waals surface area contributed by atoms with Crippen LogP contribution in [0.4, 0.5) is 0 Å². The van der Waals surface area contributed by atoms with Gasteiger partial charge >= 0.3 is 0 Å². The van der Waals surface area contributed by atoms with Crippen molar-refractivity contribution in [3.63, 3.8) is 0 Å². The van der Waals surface area contributed by atoms with Crippen molar-refractivity contribution in [1.29, 1.82) is 0 Å². The molecular weight excluding hydrogens is 384 g/mol. The molecule has 0 radical (unpaired) electrons. The monoisotopic (exact) mass is 432 g/mol. The maximum Gasteiger partial charge on any atom is -0.0380 e. The van der Waals surface area contributed by atoms with Crippen molar-refractivity contribution in [2.45, 2.75) is 103 Å². The Bertz CT molecular complexity index is 480. The van der Waals surface area contributed by atoms with E-state index in [2.05, 4.69) is 0 Å². The Balaban J connectivity index is 0.0000000571. The lowest BCUT2D eigenvalue weighted by molar-refractivity contribution is 0.915. The van der Waals surface area contributed by atoms with Crippen molar-refractivity contribution in [2.24, 2.45) is 94.7 Å². The molecule has 0 unspecified atom stereocenters. The standard InChI is InChI=1S/8C4H6/c8*1-3-2-4(1)3/h8*3-4H,1-2H2. The van der Waals surface area contributed by atoms with E-state index in [0.29, 0.717) is 0 Å². The molecule has 0 aliphatic heterocycles. The largest absolute Gasteiger partial charge is 0.0470 e. The lowest BCUT2D eigenvalue weighted by atomic mass is 10.5. The fourth-order valence-electron chi connectivity index (χ4n) is 4.41. The van der Waals surface area contributed by atoms with Crippen molar-refractivity contribution in [2.75, 3.05) is 0 Å². The van der Waals surface area contributed by atoms with Crippen molar-refractivity contribution in [1.82, 2.24) is 0 Å². The molecule has 16 saturated carbocycles. The molecule has 16 aliphatic carbocycles. The van der Waals surface area contributed by atoms with Crippen LogP contribution in [-0.2, 0) is 0 Å². The van der Waals surface area contributed by atoms with Crippen molar-refractivity contribution in [3.05, 3.63) is 0 Å². The zero-order valence-corrected chi connectivity index (χ0v) is 20.6. The van der Waals surface area contributed by atoms with E-state index >= 15 is 0 Å². The fraction of sp³-hybridized carbons (Fsp3) is 1.00. The normalized spacial score (nSPS) is 66.0. The molecule has 16 rings (SSSR count). The lowest BCUT2D eigenvalue weighted by Crippen LogP contribution is -1.47. The molecule has 0 bridgehead atoms. The zero-order chi connectivity index (χ0) is 20.6. The van der Waals surface area contributed by atoms with Gasteiger partial charge in [0.1, 0.15) is 0 Å². The second-order valence-corrected chi connectivity index (χ2v) is 15.9. The van der Waals surface area contributed by atoms with Gasteiger partial charge in [-0.15, -0.1) is 0 Å². The third kappa shape index (κ3) is 6.16. The van der Waals surface area contributed by atoms with E-state index < -0.39 is 0 Å². The molecule has 0 heteroatoms. The van der Waals surface area contributed by atoms with E-state index in [1.165, 1.54) is 94.7 Å². The molecule has 176 valence electrons. The van der Waals surface area contributed by atoms with Gasteiger partial charge in [0.2, 0.25) is 0 Å². The van der Waals surface area contributed by atoms with E-state index in [1.807, 2.05) is 0 Å². The van der Waals surface area contributed by atoms with Crippen LogP contribution in [0.25, 0.3) is 0 Å². The van der Waals surface area contributed by atoms with Gasteiger partial charge in [0.15, 0.2) is 0 Å². The second-order valence-electron chi connectivity index (χ2n) is 15.9. The average Bonchev–Trinajstić information content (AvgIpc) is 3.24. The van der Waals surface area contributed by atoms with Crippen LogP contribution < -0.4 is 0 Å². The Hall–Kier alpha value is 0. The summed E-state index contributed by atoms with van der Waals surface area (Å²) in [4.78, 5) is 0. The van der Waals surface area contributed by atoms with Crippen molar-refractivity contribution < 1.29 is 0 Å². The van der Waals surface area contributed by atoms with E-state index in [1.54, 1.807) is 103 Å². The molecule has 16 aliphatic rings. The minimum absolute atomic E-state index is 1.25. The lowest BCUT2D eigenvalue weighted by Gasteiger charge is -1.60. The Morgan fingerprint density at radius 3 is 0.156 bits per heavy atom. The molecule has 0 amide bonds. The summed E-state index contributed by atoms with van der Waals surface area (Å²) in [6, 6.07) is 0. The number of hydrogen-bond donors (Lipinski definition) is 0. The van der Waals surface area contributed by atoms with Crippen LogP contribution in [0.5, 0.6) is 0 Å². The first-order chi connectivity index (χ1) is 15.7. The molecule has 16 fully saturated rings. The van der Waals surface area contributed by atoms with E-state index in [9.17, 15) is 0 Å². The van der Waals surface area contributed by atoms with Crippen LogP contribution in [0.15, 0.2) is 0 Å². The quantitative estimate of drug-likeness (QED) is 0.362. The van der Waals surface area contributed by atoms with E-state index in [0.717, 1.165) is 0 Å². The predicted molar refractivity (Wildman–Crippen MR) is 130 cm³/mol. The van der Waals surface area contributed by atoms with Crippen LogP contribution in [-0.4, -0.2) is 0 Å². The van der Waals surface area contributed by atoms with Gasteiger partial charge in [-0.05, 0) is 197 Å². The maximum atomic E-state index is 1.58. The topological polar surface area (TPSA) is 0 Å². The summed E-state index contributed by atoms with van der Waals surface area (Å²) in [7, 11) is 0. The van der Waals surface area contributed by atoms with Crippen LogP contribution in [0.3, 0.4) is 0 Å². The summed E-state index contributed by atoms with van der Waals surface area (Å²) >= 11 is 0. The van der Waals surface area contributed by atoms with Gasteiger partial charge in [-0.3, -0.25) is 0 Å². The first kappa shape index (κ1) is 19.2. The molecule has 32 heavy (non-hydrogen) atoms. The van der Waals surface area contributed by atoms with Crippen molar-refractivity contribution >= 4 is 0 Å². The predicted octanol–water partition coefficient (Wildman–Crippen LogP) is 8.21. The molecule has 0 aromatic heterocycles. The summed E-state index contributed by atoms with van der Waals surface area (Å²) in [5.74, 6) is 20.0. The maximum absolute atomic E-state index is 1.58. The Kier molecular flexibility index (Phi) is 4.09. The smallest absolute Gasteiger partial charge is 0.0380 e. The van der Waals surface area contributed by atoms with E-state index in [-0.39, 0.29) is 0 Å². The van der Waals surface area contributed by atoms with Crippen LogP contribution in [0.2, 0.25) is 0 Å². The molecule has 0 N–H and O–H groups in total. The second kappa shape index (κ2) is 6.81. The summed E-state index contributed by atoms with van der Waals surface area (Å²) in [6.07, 6.45) is 25.3. The van der Waals surface area contributed by atoms with Gasteiger partial charge in [0, 0.05) is 0 Å². The molecular formula is C32H48. The minimum Gasteiger partial charge on any atom is -0.0470 e. The third-order valence-electron chi connectivity index (χ3n) is 11.8. The number of hydrogen-bond acceptors (Lipinski definition) is 0. The summed E-state index contributed by atoms with van der Waals surface area (Å²) in [5, 5.41) is 0. The zero-order valence-electron chi connectivity index (χ0n) is 20.6. The molecule has 0 spiro atoms. The number of rotatable bonds is 0. The molecule has 0 heterocycles. The van der Waals surface area contributed by atoms with Crippen LogP contribution in [0, 0.1) is 94.7 Å². The van der Waals surface area contributed by atoms with Gasteiger partial charge in [-0.25, -0.2) is 0 Å². The molecule has 0 nitrogen and oxygen atoms in total. The highest BCUT2D eigenvalue weighted by molar-refractivity contribution is 5.05. The highest BCUT2D eigenvalue weighted by Crippen LogP contribution is 2.65. The first-order valence-electron chi connectivity index (χ1n) is 15.7. The Morgan fingerprint density at radius 2 is 0.156 bits per heavy atom. The SMILES string of the molecule is C1C2CC12.C1C2CC12.C1C2CC12.C1C2CC12.C1C2CC12.C1C2CC12.C1C2CC12.C1C2CC12. The van der Waals surface area contributed by atoms with Crippen molar-refractivity contribution in [3.8, 4) is 0 Å². The van der Waals surface area contributed by atoms with Crippen LogP contribution in [0.1, 0.15) is 103 Å². The highest BCUT2D eigenvalue weighted by Gasteiger charge is 2.55. The Labute approximate surface area is 197 Å². The molecule has 0 atom stereocenters. The highest BCUT2D eigenvalue weighted by atomic mass is 14.6. The summed E-state index contributed by atoms with van der Waals surface area (Å²) in [5.41, 5.74) is 0. The average molecular weight is 433 g/mol. The molecule has 0 aromatic carbocycles. The summed E-state index contributed by atoms with van der Waals surface area (Å²) in [6.45, 7) is 0. The Morgan fingerprint density at radius 1 is 0.125 bits per heavy atom. The van der Waals surface area contributed by atoms with Gasteiger partial charge in [-0.1, -0.05) is 0 Å². The van der Waals surface area contributed by atoms with Gasteiger partial charge in [0.25, 0.3) is 0 Å². The molecule has 0 saturated heterocycles. The third-order valence-corrected chi connectivity index (χ3v) is 11.8. The summed E-state index contributed by atoms with van der Waals surface area (Å²) < 4.78 is 0. The van der Waals surface area contributed by atoms with Gasteiger partial charge < -0.3 is 0 Å². The first-order valence-corrected chi connectivity index (χ1v) is 15.7. The number of fused-ring (bicyclic) bond motifs is 8. The minimum atomic E-state index is 1.25. The molecule has 0 aromatic rings. The van der Waals surface area contributed by atoms with Gasteiger partial charge in [-0.2, -0.15) is 0 Å². The van der Waals surface area contributed by atoms with Crippen LogP contribution >= 0.6 is 0 Å². The van der Waals surface area contributed by atoms with E-state index in [4.69, 9.17) is 0 Å². The van der Waals surface area contributed by atoms with Gasteiger partial charge in [0.05, 0.1) is 0 Å². The fourth-order valence-corrected chi connectivity index (χ4v) is 4.41.